The van der Waals surface area contributed by atoms with E-state index < -0.39 is 10.0 Å². The van der Waals surface area contributed by atoms with Crippen LogP contribution in [-0.2, 0) is 15.8 Å². The van der Waals surface area contributed by atoms with Crippen molar-refractivity contribution in [2.75, 3.05) is 18.1 Å². The number of thioether (sulfide) groups is 1. The zero-order chi connectivity index (χ0) is 14.6. The SMILES string of the molecule is NC(=S)c1ccc(CS(=O)(=O)NCC2CCSC2)cc1. The predicted octanol–water partition coefficient (Wildman–Crippen LogP) is 1.49. The lowest BCUT2D eigenvalue weighted by molar-refractivity contribution is 0.545. The van der Waals surface area contributed by atoms with Crippen LogP contribution < -0.4 is 10.5 Å². The summed E-state index contributed by atoms with van der Waals surface area (Å²) in [5.41, 5.74) is 6.99. The van der Waals surface area contributed by atoms with Crippen LogP contribution >= 0.6 is 24.0 Å². The van der Waals surface area contributed by atoms with Crippen molar-refractivity contribution in [2.24, 2.45) is 11.7 Å². The van der Waals surface area contributed by atoms with Crippen LogP contribution in [0.4, 0.5) is 0 Å². The Hall–Kier alpha value is -0.630. The average molecular weight is 331 g/mol. The van der Waals surface area contributed by atoms with E-state index in [1.54, 1.807) is 24.3 Å². The number of thiocarbonyl (C=S) groups is 1. The fourth-order valence-corrected chi connectivity index (χ4v) is 4.67. The molecule has 1 unspecified atom stereocenters. The maximum absolute atomic E-state index is 12.0. The Morgan fingerprint density at radius 2 is 2.10 bits per heavy atom. The van der Waals surface area contributed by atoms with Crippen molar-refractivity contribution in [2.45, 2.75) is 12.2 Å². The van der Waals surface area contributed by atoms with E-state index in [0.29, 0.717) is 17.5 Å². The molecule has 4 nitrogen and oxygen atoms in total. The van der Waals surface area contributed by atoms with E-state index >= 15 is 0 Å². The lowest BCUT2D eigenvalue weighted by Crippen LogP contribution is -2.30. The molecule has 1 aromatic carbocycles. The lowest BCUT2D eigenvalue weighted by atomic mass is 10.1. The second-order valence-electron chi connectivity index (χ2n) is 4.90. The summed E-state index contributed by atoms with van der Waals surface area (Å²) in [5.74, 6) is 2.63. The number of rotatable bonds is 6. The van der Waals surface area contributed by atoms with Crippen LogP contribution in [-0.4, -0.2) is 31.5 Å². The molecule has 110 valence electrons. The molecular formula is C13H18N2O2S3. The number of sulfonamides is 1. The van der Waals surface area contributed by atoms with Gasteiger partial charge in [-0.05, 0) is 29.4 Å². The molecule has 0 aliphatic carbocycles. The van der Waals surface area contributed by atoms with Crippen LogP contribution in [0.3, 0.4) is 0 Å². The van der Waals surface area contributed by atoms with Gasteiger partial charge in [0.2, 0.25) is 10.0 Å². The smallest absolute Gasteiger partial charge is 0.215 e. The van der Waals surface area contributed by atoms with E-state index in [-0.39, 0.29) is 5.75 Å². The normalized spacial score (nSPS) is 19.1. The Bertz CT molecular complexity index is 564. The average Bonchev–Trinajstić information content (AvgIpc) is 2.90. The third kappa shape index (κ3) is 4.73. The minimum absolute atomic E-state index is 0.00945. The molecule has 0 bridgehead atoms. The highest BCUT2D eigenvalue weighted by molar-refractivity contribution is 7.99. The van der Waals surface area contributed by atoms with E-state index in [4.69, 9.17) is 18.0 Å². The van der Waals surface area contributed by atoms with Gasteiger partial charge in [-0.3, -0.25) is 0 Å². The topological polar surface area (TPSA) is 72.2 Å². The molecular weight excluding hydrogens is 312 g/mol. The van der Waals surface area contributed by atoms with Gasteiger partial charge in [-0.25, -0.2) is 13.1 Å². The largest absolute Gasteiger partial charge is 0.389 e. The molecule has 0 aromatic heterocycles. The predicted molar refractivity (Wildman–Crippen MR) is 88.4 cm³/mol. The Morgan fingerprint density at radius 1 is 1.40 bits per heavy atom. The summed E-state index contributed by atoms with van der Waals surface area (Å²) >= 11 is 6.75. The van der Waals surface area contributed by atoms with Gasteiger partial charge >= 0.3 is 0 Å². The van der Waals surface area contributed by atoms with Crippen molar-refractivity contribution < 1.29 is 8.42 Å². The molecule has 3 N–H and O–H groups in total. The second-order valence-corrected chi connectivity index (χ2v) is 8.29. The van der Waals surface area contributed by atoms with E-state index in [1.165, 1.54) is 0 Å². The van der Waals surface area contributed by atoms with Gasteiger partial charge in [0.25, 0.3) is 0 Å². The first-order valence-electron chi connectivity index (χ1n) is 6.40. The molecule has 20 heavy (non-hydrogen) atoms. The molecule has 1 fully saturated rings. The summed E-state index contributed by atoms with van der Waals surface area (Å²) < 4.78 is 26.7. The van der Waals surface area contributed by atoms with Gasteiger partial charge in [-0.1, -0.05) is 36.5 Å². The Kier molecular flexibility index (Phi) is 5.42. The van der Waals surface area contributed by atoms with Gasteiger partial charge in [0.1, 0.15) is 4.99 Å². The fourth-order valence-electron chi connectivity index (χ4n) is 2.02. The van der Waals surface area contributed by atoms with Gasteiger partial charge in [0, 0.05) is 12.1 Å². The van der Waals surface area contributed by atoms with Crippen molar-refractivity contribution in [3.63, 3.8) is 0 Å². The number of hydrogen-bond acceptors (Lipinski definition) is 4. The first kappa shape index (κ1) is 15.8. The molecule has 0 saturated carbocycles. The molecule has 1 atom stereocenters. The minimum Gasteiger partial charge on any atom is -0.389 e. The zero-order valence-electron chi connectivity index (χ0n) is 11.0. The van der Waals surface area contributed by atoms with Crippen molar-refractivity contribution in [1.82, 2.24) is 4.72 Å². The summed E-state index contributed by atoms with van der Waals surface area (Å²) in [6.07, 6.45) is 1.09. The van der Waals surface area contributed by atoms with Crippen molar-refractivity contribution in [3.05, 3.63) is 35.4 Å². The van der Waals surface area contributed by atoms with Gasteiger partial charge in [0.15, 0.2) is 0 Å². The molecule has 1 aromatic rings. The summed E-state index contributed by atoms with van der Waals surface area (Å²) in [4.78, 5) is 0.316. The summed E-state index contributed by atoms with van der Waals surface area (Å²) in [6.45, 7) is 0.542. The number of nitrogens with one attached hydrogen (secondary N) is 1. The molecule has 1 heterocycles. The Labute approximate surface area is 129 Å². The van der Waals surface area contributed by atoms with E-state index in [2.05, 4.69) is 4.72 Å². The van der Waals surface area contributed by atoms with Gasteiger partial charge in [-0.15, -0.1) is 0 Å². The van der Waals surface area contributed by atoms with Gasteiger partial charge in [0.05, 0.1) is 5.75 Å². The standard InChI is InChI=1S/C13H18N2O2S3/c14-13(18)12-3-1-10(2-4-12)9-20(16,17)15-7-11-5-6-19-8-11/h1-4,11,15H,5-9H2,(H2,14,18). The minimum atomic E-state index is -3.28. The lowest BCUT2D eigenvalue weighted by Gasteiger charge is -2.11. The van der Waals surface area contributed by atoms with Crippen LogP contribution in [0.5, 0.6) is 0 Å². The van der Waals surface area contributed by atoms with Crippen LogP contribution in [0.25, 0.3) is 0 Å². The van der Waals surface area contributed by atoms with Crippen molar-refractivity contribution in [1.29, 1.82) is 0 Å². The van der Waals surface area contributed by atoms with Gasteiger partial charge in [-0.2, -0.15) is 11.8 Å². The molecule has 0 amide bonds. The summed E-state index contributed by atoms with van der Waals surface area (Å²) in [5, 5.41) is 0. The quantitative estimate of drug-likeness (QED) is 0.773. The Balaban J connectivity index is 1.91. The monoisotopic (exact) mass is 330 g/mol. The van der Waals surface area contributed by atoms with Crippen LogP contribution in [0, 0.1) is 5.92 Å². The number of benzene rings is 1. The third-order valence-corrected chi connectivity index (χ3v) is 6.00. The molecule has 1 aliphatic rings. The van der Waals surface area contributed by atoms with Crippen molar-refractivity contribution in [3.8, 4) is 0 Å². The number of hydrogen-bond donors (Lipinski definition) is 2. The first-order valence-corrected chi connectivity index (χ1v) is 9.61. The van der Waals surface area contributed by atoms with Crippen molar-refractivity contribution >= 4 is 39.0 Å². The molecule has 0 spiro atoms. The highest BCUT2D eigenvalue weighted by Crippen LogP contribution is 2.22. The van der Waals surface area contributed by atoms with E-state index in [9.17, 15) is 8.42 Å². The maximum Gasteiger partial charge on any atom is 0.215 e. The van der Waals surface area contributed by atoms with Crippen LogP contribution in [0.1, 0.15) is 17.5 Å². The van der Waals surface area contributed by atoms with Crippen LogP contribution in [0.2, 0.25) is 0 Å². The molecule has 7 heteroatoms. The highest BCUT2D eigenvalue weighted by Gasteiger charge is 2.19. The molecule has 0 radical (unpaired) electrons. The molecule has 1 aliphatic heterocycles. The highest BCUT2D eigenvalue weighted by atomic mass is 32.2. The maximum atomic E-state index is 12.0. The third-order valence-electron chi connectivity index (χ3n) is 3.21. The van der Waals surface area contributed by atoms with Crippen LogP contribution in [0.15, 0.2) is 24.3 Å². The molecule has 1 saturated heterocycles. The van der Waals surface area contributed by atoms with Gasteiger partial charge < -0.3 is 5.73 Å². The summed E-state index contributed by atoms with van der Waals surface area (Å²) in [7, 11) is -3.28. The molecule has 2 rings (SSSR count). The van der Waals surface area contributed by atoms with E-state index in [0.717, 1.165) is 29.1 Å². The first-order chi connectivity index (χ1) is 9.46. The Morgan fingerprint density at radius 3 is 2.65 bits per heavy atom. The van der Waals surface area contributed by atoms with E-state index in [1.807, 2.05) is 11.8 Å². The second kappa shape index (κ2) is 6.89. The fraction of sp³-hybridized carbons (Fsp3) is 0.462. The summed E-state index contributed by atoms with van der Waals surface area (Å²) in [6, 6.07) is 7.00. The zero-order valence-corrected chi connectivity index (χ0v) is 13.5. The number of nitrogens with two attached hydrogens (primary N) is 1.